The summed E-state index contributed by atoms with van der Waals surface area (Å²) in [7, 11) is -3.11. The summed E-state index contributed by atoms with van der Waals surface area (Å²) in [6.07, 6.45) is 8.61. The third-order valence-corrected chi connectivity index (χ3v) is 7.76. The predicted octanol–water partition coefficient (Wildman–Crippen LogP) is 4.69. The minimum Gasteiger partial charge on any atom is -0.316 e. The van der Waals surface area contributed by atoms with Gasteiger partial charge in [0, 0.05) is 25.5 Å². The fraction of sp³-hybridized carbons (Fsp3) is 0.364. The lowest BCUT2D eigenvalue weighted by Gasteiger charge is -2.17. The number of sulfonamides is 1. The standard InChI is InChI=1S/C22H25FN4O2S2/c1-31(28,29)27-11-2-3-16(10-12-27)13-17-4-9-21(24-14-17)26-22-25-15-20(30-22)18-5-7-19(23)8-6-18/h4-9,14-16H,2-3,10-13H2,1H3,(H,24,25,26). The molecule has 1 saturated heterocycles. The quantitative estimate of drug-likeness (QED) is 0.578. The summed E-state index contributed by atoms with van der Waals surface area (Å²) in [5.41, 5.74) is 2.07. The van der Waals surface area contributed by atoms with Crippen LogP contribution in [0.15, 0.2) is 48.8 Å². The van der Waals surface area contributed by atoms with Crippen LogP contribution < -0.4 is 5.32 Å². The lowest BCUT2D eigenvalue weighted by atomic mass is 9.93. The van der Waals surface area contributed by atoms with Crippen molar-refractivity contribution in [3.63, 3.8) is 0 Å². The number of thiazole rings is 1. The first-order valence-corrected chi connectivity index (χ1v) is 12.9. The molecule has 1 fully saturated rings. The zero-order valence-corrected chi connectivity index (χ0v) is 18.9. The Morgan fingerprint density at radius 2 is 1.90 bits per heavy atom. The molecule has 164 valence electrons. The Kier molecular flexibility index (Phi) is 6.64. The van der Waals surface area contributed by atoms with E-state index in [1.807, 2.05) is 12.3 Å². The number of aromatic nitrogens is 2. The van der Waals surface area contributed by atoms with Crippen LogP contribution in [0.4, 0.5) is 15.3 Å². The molecule has 0 radical (unpaired) electrons. The van der Waals surface area contributed by atoms with E-state index in [2.05, 4.69) is 21.4 Å². The normalized spacial score (nSPS) is 17.9. The second-order valence-electron chi connectivity index (χ2n) is 7.88. The van der Waals surface area contributed by atoms with Crippen molar-refractivity contribution >= 4 is 32.3 Å². The molecule has 1 aliphatic heterocycles. The van der Waals surface area contributed by atoms with Crippen molar-refractivity contribution in [2.24, 2.45) is 5.92 Å². The molecule has 3 heterocycles. The molecule has 0 amide bonds. The minimum absolute atomic E-state index is 0.257. The van der Waals surface area contributed by atoms with Gasteiger partial charge in [-0.15, -0.1) is 0 Å². The van der Waals surface area contributed by atoms with E-state index in [4.69, 9.17) is 0 Å². The minimum atomic E-state index is -3.11. The summed E-state index contributed by atoms with van der Waals surface area (Å²) >= 11 is 1.49. The summed E-state index contributed by atoms with van der Waals surface area (Å²) in [6.45, 7) is 1.21. The number of hydrogen-bond acceptors (Lipinski definition) is 6. The maximum atomic E-state index is 13.1. The number of benzene rings is 1. The summed E-state index contributed by atoms with van der Waals surface area (Å²) < 4.78 is 38.2. The lowest BCUT2D eigenvalue weighted by molar-refractivity contribution is 0.413. The van der Waals surface area contributed by atoms with Crippen LogP contribution in [0.1, 0.15) is 24.8 Å². The molecule has 1 unspecified atom stereocenters. The Labute approximate surface area is 186 Å². The van der Waals surface area contributed by atoms with Crippen LogP contribution in [0.5, 0.6) is 0 Å². The fourth-order valence-corrected chi connectivity index (χ4v) is 5.54. The van der Waals surface area contributed by atoms with Gasteiger partial charge in [-0.25, -0.2) is 27.1 Å². The third-order valence-electron chi connectivity index (χ3n) is 5.49. The van der Waals surface area contributed by atoms with E-state index in [1.165, 1.54) is 29.7 Å². The van der Waals surface area contributed by atoms with Crippen molar-refractivity contribution in [3.8, 4) is 10.4 Å². The van der Waals surface area contributed by atoms with Crippen LogP contribution in [0, 0.1) is 11.7 Å². The van der Waals surface area contributed by atoms with Crippen LogP contribution in [0.25, 0.3) is 10.4 Å². The molecule has 2 aromatic heterocycles. The van der Waals surface area contributed by atoms with Gasteiger partial charge in [-0.3, -0.25) is 0 Å². The zero-order chi connectivity index (χ0) is 21.8. The number of pyridine rings is 1. The second-order valence-corrected chi connectivity index (χ2v) is 10.9. The van der Waals surface area contributed by atoms with E-state index in [1.54, 1.807) is 22.6 Å². The molecule has 1 atom stereocenters. The molecule has 0 bridgehead atoms. The molecule has 1 aliphatic rings. The van der Waals surface area contributed by atoms with E-state index >= 15 is 0 Å². The first kappa shape index (κ1) is 21.9. The summed E-state index contributed by atoms with van der Waals surface area (Å²) in [5.74, 6) is 0.921. The first-order chi connectivity index (χ1) is 14.9. The fourth-order valence-electron chi connectivity index (χ4n) is 3.82. The number of rotatable bonds is 6. The van der Waals surface area contributed by atoms with E-state index in [9.17, 15) is 12.8 Å². The average molecular weight is 461 g/mol. The monoisotopic (exact) mass is 460 g/mol. The van der Waals surface area contributed by atoms with Gasteiger partial charge in [0.15, 0.2) is 5.13 Å². The molecule has 6 nitrogen and oxygen atoms in total. The van der Waals surface area contributed by atoms with Crippen molar-refractivity contribution in [1.29, 1.82) is 0 Å². The molecule has 0 saturated carbocycles. The van der Waals surface area contributed by atoms with Gasteiger partial charge in [-0.2, -0.15) is 0 Å². The largest absolute Gasteiger partial charge is 0.316 e. The maximum absolute atomic E-state index is 13.1. The van der Waals surface area contributed by atoms with Gasteiger partial charge in [-0.1, -0.05) is 29.5 Å². The SMILES string of the molecule is CS(=O)(=O)N1CCCC(Cc2ccc(Nc3ncc(-c4ccc(F)cc4)s3)nc2)CC1. The van der Waals surface area contributed by atoms with E-state index in [0.717, 1.165) is 46.8 Å². The summed E-state index contributed by atoms with van der Waals surface area (Å²) in [6, 6.07) is 10.4. The van der Waals surface area contributed by atoms with Gasteiger partial charge < -0.3 is 5.32 Å². The van der Waals surface area contributed by atoms with Gasteiger partial charge in [0.1, 0.15) is 11.6 Å². The average Bonchev–Trinajstić information content (AvgIpc) is 3.06. The molecule has 4 rings (SSSR count). The second kappa shape index (κ2) is 9.42. The highest BCUT2D eigenvalue weighted by molar-refractivity contribution is 7.88. The van der Waals surface area contributed by atoms with Crippen molar-refractivity contribution in [1.82, 2.24) is 14.3 Å². The van der Waals surface area contributed by atoms with Crippen LogP contribution in [-0.2, 0) is 16.4 Å². The zero-order valence-electron chi connectivity index (χ0n) is 17.3. The van der Waals surface area contributed by atoms with E-state index in [0.29, 0.717) is 24.8 Å². The van der Waals surface area contributed by atoms with Crippen molar-refractivity contribution in [3.05, 3.63) is 60.2 Å². The highest BCUT2D eigenvalue weighted by Gasteiger charge is 2.22. The van der Waals surface area contributed by atoms with Gasteiger partial charge in [0.2, 0.25) is 10.0 Å². The molecule has 3 aromatic rings. The van der Waals surface area contributed by atoms with E-state index < -0.39 is 10.0 Å². The van der Waals surface area contributed by atoms with Crippen LogP contribution in [-0.4, -0.2) is 42.0 Å². The van der Waals surface area contributed by atoms with Crippen LogP contribution in [0.3, 0.4) is 0 Å². The van der Waals surface area contributed by atoms with Crippen LogP contribution in [0.2, 0.25) is 0 Å². The Morgan fingerprint density at radius 3 is 2.61 bits per heavy atom. The lowest BCUT2D eigenvalue weighted by Crippen LogP contribution is -2.30. The summed E-state index contributed by atoms with van der Waals surface area (Å²) in [5, 5.41) is 3.94. The Balaban J connectivity index is 1.34. The highest BCUT2D eigenvalue weighted by atomic mass is 32.2. The third kappa shape index (κ3) is 5.87. The van der Waals surface area contributed by atoms with E-state index in [-0.39, 0.29) is 5.82 Å². The predicted molar refractivity (Wildman–Crippen MR) is 122 cm³/mol. The molecular weight excluding hydrogens is 435 g/mol. The van der Waals surface area contributed by atoms with Crippen molar-refractivity contribution < 1.29 is 12.8 Å². The van der Waals surface area contributed by atoms with Gasteiger partial charge >= 0.3 is 0 Å². The summed E-state index contributed by atoms with van der Waals surface area (Å²) in [4.78, 5) is 9.85. The Hall–Kier alpha value is -2.36. The molecule has 0 aliphatic carbocycles. The number of halogens is 1. The topological polar surface area (TPSA) is 75.2 Å². The number of anilines is 2. The molecular formula is C22H25FN4O2S2. The molecule has 1 N–H and O–H groups in total. The highest BCUT2D eigenvalue weighted by Crippen LogP contribution is 2.30. The van der Waals surface area contributed by atoms with Gasteiger partial charge in [0.05, 0.1) is 11.1 Å². The number of hydrogen-bond donors (Lipinski definition) is 1. The first-order valence-electron chi connectivity index (χ1n) is 10.3. The number of nitrogens with zero attached hydrogens (tertiary/aromatic N) is 3. The maximum Gasteiger partial charge on any atom is 0.211 e. The molecule has 1 aromatic carbocycles. The van der Waals surface area contributed by atoms with Gasteiger partial charge in [0.25, 0.3) is 0 Å². The Bertz CT molecular complexity index is 1120. The number of nitrogens with one attached hydrogen (secondary N) is 1. The molecule has 0 spiro atoms. The van der Waals surface area contributed by atoms with Crippen molar-refractivity contribution in [2.75, 3.05) is 24.7 Å². The molecule has 9 heteroatoms. The van der Waals surface area contributed by atoms with Crippen LogP contribution >= 0.6 is 11.3 Å². The smallest absolute Gasteiger partial charge is 0.211 e. The van der Waals surface area contributed by atoms with Gasteiger partial charge in [-0.05, 0) is 60.9 Å². The van der Waals surface area contributed by atoms with Crippen molar-refractivity contribution in [2.45, 2.75) is 25.7 Å². The Morgan fingerprint density at radius 1 is 1.10 bits per heavy atom. The molecule has 31 heavy (non-hydrogen) atoms.